The molecule has 128 valence electrons. The molecule has 23 heavy (non-hydrogen) atoms. The van der Waals surface area contributed by atoms with Gasteiger partial charge in [0.25, 0.3) is 0 Å². The highest BCUT2D eigenvalue weighted by Crippen LogP contribution is 2.42. The van der Waals surface area contributed by atoms with Crippen LogP contribution in [0.5, 0.6) is 0 Å². The first kappa shape index (κ1) is 16.9. The number of likely N-dealkylation sites (tertiary alicyclic amines) is 1. The summed E-state index contributed by atoms with van der Waals surface area (Å²) >= 11 is 0. The smallest absolute Gasteiger partial charge is 0.240 e. The Kier molecular flexibility index (Phi) is 4.78. The topological polar surface area (TPSA) is 58.6 Å². The second-order valence-corrected chi connectivity index (χ2v) is 8.66. The van der Waals surface area contributed by atoms with Crippen LogP contribution in [0, 0.1) is 5.92 Å². The van der Waals surface area contributed by atoms with E-state index in [1.165, 1.54) is 0 Å². The average Bonchev–Trinajstić information content (AvgIpc) is 2.90. The monoisotopic (exact) mass is 338 g/mol. The fourth-order valence-corrected chi connectivity index (χ4v) is 4.67. The quantitative estimate of drug-likeness (QED) is 0.860. The van der Waals surface area contributed by atoms with Gasteiger partial charge < -0.3 is 4.74 Å². The molecule has 5 nitrogen and oxygen atoms in total. The molecule has 3 rings (SSSR count). The van der Waals surface area contributed by atoms with E-state index in [-0.39, 0.29) is 5.60 Å². The number of rotatable bonds is 6. The Morgan fingerprint density at radius 1 is 1.30 bits per heavy atom. The Morgan fingerprint density at radius 3 is 2.65 bits per heavy atom. The van der Waals surface area contributed by atoms with E-state index in [4.69, 9.17) is 4.74 Å². The molecule has 0 saturated carbocycles. The maximum Gasteiger partial charge on any atom is 0.240 e. The summed E-state index contributed by atoms with van der Waals surface area (Å²) in [5, 5.41) is 0. The molecule has 1 spiro atoms. The van der Waals surface area contributed by atoms with Crippen LogP contribution < -0.4 is 4.72 Å². The predicted octanol–water partition coefficient (Wildman–Crippen LogP) is 1.85. The highest BCUT2D eigenvalue weighted by molar-refractivity contribution is 7.89. The minimum Gasteiger partial charge on any atom is -0.372 e. The maximum absolute atomic E-state index is 12.2. The zero-order chi connectivity index (χ0) is 16.5. The van der Waals surface area contributed by atoms with Crippen molar-refractivity contribution in [2.45, 2.75) is 43.2 Å². The lowest BCUT2D eigenvalue weighted by atomic mass is 9.78. The van der Waals surface area contributed by atoms with Crippen LogP contribution in [0.4, 0.5) is 0 Å². The van der Waals surface area contributed by atoms with Gasteiger partial charge in [0.2, 0.25) is 10.0 Å². The highest BCUT2D eigenvalue weighted by Gasteiger charge is 2.52. The summed E-state index contributed by atoms with van der Waals surface area (Å²) in [4.78, 5) is 2.74. The molecule has 1 atom stereocenters. The molecule has 0 unspecified atom stereocenters. The molecule has 2 saturated heterocycles. The van der Waals surface area contributed by atoms with E-state index in [1.54, 1.807) is 24.3 Å². The Hall–Kier alpha value is -0.950. The molecular formula is C17H26N2O3S. The van der Waals surface area contributed by atoms with Gasteiger partial charge in [0.1, 0.15) is 0 Å². The van der Waals surface area contributed by atoms with Gasteiger partial charge >= 0.3 is 0 Å². The van der Waals surface area contributed by atoms with E-state index in [0.717, 1.165) is 32.5 Å². The first-order chi connectivity index (χ1) is 10.9. The van der Waals surface area contributed by atoms with Crippen molar-refractivity contribution in [3.05, 3.63) is 30.3 Å². The van der Waals surface area contributed by atoms with E-state index in [9.17, 15) is 8.42 Å². The van der Waals surface area contributed by atoms with Crippen molar-refractivity contribution in [1.29, 1.82) is 0 Å². The van der Waals surface area contributed by atoms with Crippen molar-refractivity contribution in [1.82, 2.24) is 9.62 Å². The van der Waals surface area contributed by atoms with E-state index in [1.807, 2.05) is 6.07 Å². The molecule has 2 aliphatic heterocycles. The van der Waals surface area contributed by atoms with Gasteiger partial charge in [-0.2, -0.15) is 0 Å². The van der Waals surface area contributed by atoms with Gasteiger partial charge in [-0.05, 0) is 44.7 Å². The molecule has 0 aliphatic carbocycles. The molecule has 2 fully saturated rings. The third-order valence-corrected chi connectivity index (χ3v) is 6.59. The normalized spacial score (nSPS) is 24.2. The molecule has 1 aromatic rings. The molecule has 0 amide bonds. The van der Waals surface area contributed by atoms with E-state index in [2.05, 4.69) is 23.5 Å². The standard InChI is InChI=1S/C17H26N2O3S/c1-14(2)19-12-17(13-19)15(9-11-22-17)8-10-18-23(20,21)16-6-4-3-5-7-16/h3-7,14-15,18H,8-13H2,1-2H3/t15-/m1/s1. The summed E-state index contributed by atoms with van der Waals surface area (Å²) < 4.78 is 33.2. The van der Waals surface area contributed by atoms with Gasteiger partial charge in [0.15, 0.2) is 0 Å². The van der Waals surface area contributed by atoms with Gasteiger partial charge in [0, 0.05) is 32.3 Å². The maximum atomic E-state index is 12.2. The summed E-state index contributed by atoms with van der Waals surface area (Å²) in [6.07, 6.45) is 1.86. The molecular weight excluding hydrogens is 312 g/mol. The third kappa shape index (κ3) is 3.45. The van der Waals surface area contributed by atoms with E-state index in [0.29, 0.717) is 23.4 Å². The summed E-state index contributed by atoms with van der Waals surface area (Å²) in [5.74, 6) is 0.441. The van der Waals surface area contributed by atoms with Crippen molar-refractivity contribution < 1.29 is 13.2 Å². The van der Waals surface area contributed by atoms with Gasteiger partial charge in [-0.25, -0.2) is 13.1 Å². The molecule has 1 N–H and O–H groups in total. The molecule has 6 heteroatoms. The van der Waals surface area contributed by atoms with Crippen LogP contribution in [0.25, 0.3) is 0 Å². The van der Waals surface area contributed by atoms with Crippen molar-refractivity contribution in [2.75, 3.05) is 26.2 Å². The van der Waals surface area contributed by atoms with Crippen molar-refractivity contribution in [2.24, 2.45) is 5.92 Å². The zero-order valence-electron chi connectivity index (χ0n) is 13.9. The molecule has 0 bridgehead atoms. The van der Waals surface area contributed by atoms with Crippen LogP contribution >= 0.6 is 0 Å². The molecule has 2 heterocycles. The summed E-state index contributed by atoms with van der Waals surface area (Å²) in [6.45, 7) is 7.61. The Labute approximate surface area is 139 Å². The van der Waals surface area contributed by atoms with E-state index < -0.39 is 10.0 Å². The van der Waals surface area contributed by atoms with Gasteiger partial charge in [-0.1, -0.05) is 18.2 Å². The largest absolute Gasteiger partial charge is 0.372 e. The second kappa shape index (κ2) is 6.51. The molecule has 2 aliphatic rings. The highest BCUT2D eigenvalue weighted by atomic mass is 32.2. The predicted molar refractivity (Wildman–Crippen MR) is 89.7 cm³/mol. The van der Waals surface area contributed by atoms with Gasteiger partial charge in [-0.3, -0.25) is 4.90 Å². The number of hydrogen-bond acceptors (Lipinski definition) is 4. The van der Waals surface area contributed by atoms with Gasteiger partial charge in [-0.15, -0.1) is 0 Å². The number of sulfonamides is 1. The van der Waals surface area contributed by atoms with Crippen LogP contribution in [-0.4, -0.2) is 51.2 Å². The van der Waals surface area contributed by atoms with Crippen molar-refractivity contribution >= 4 is 10.0 Å². The summed E-state index contributed by atoms with van der Waals surface area (Å²) in [5.41, 5.74) is -0.0392. The van der Waals surface area contributed by atoms with Crippen LogP contribution in [0.1, 0.15) is 26.7 Å². The molecule has 1 aromatic carbocycles. The average molecular weight is 338 g/mol. The Bertz CT molecular complexity index is 624. The minimum absolute atomic E-state index is 0.0392. The summed E-state index contributed by atoms with van der Waals surface area (Å²) in [7, 11) is -3.40. The SMILES string of the molecule is CC(C)N1CC2(C1)OCC[C@H]2CCNS(=O)(=O)c1ccccc1. The zero-order valence-corrected chi connectivity index (χ0v) is 14.7. The van der Waals surface area contributed by atoms with Crippen LogP contribution in [0.2, 0.25) is 0 Å². The Balaban J connectivity index is 1.53. The van der Waals surface area contributed by atoms with Crippen molar-refractivity contribution in [3.63, 3.8) is 0 Å². The second-order valence-electron chi connectivity index (χ2n) is 6.90. The number of benzene rings is 1. The third-order valence-electron chi connectivity index (χ3n) is 5.11. The lowest BCUT2D eigenvalue weighted by Gasteiger charge is -2.52. The molecule has 0 radical (unpaired) electrons. The number of nitrogens with zero attached hydrogens (tertiary/aromatic N) is 1. The fourth-order valence-electron chi connectivity index (χ4n) is 3.60. The Morgan fingerprint density at radius 2 is 2.00 bits per heavy atom. The number of hydrogen-bond donors (Lipinski definition) is 1. The number of ether oxygens (including phenoxy) is 1. The first-order valence-electron chi connectivity index (χ1n) is 8.36. The lowest BCUT2D eigenvalue weighted by molar-refractivity contribution is -0.143. The van der Waals surface area contributed by atoms with E-state index >= 15 is 0 Å². The van der Waals surface area contributed by atoms with Crippen LogP contribution in [0.15, 0.2) is 35.2 Å². The first-order valence-corrected chi connectivity index (χ1v) is 9.84. The van der Waals surface area contributed by atoms with Crippen LogP contribution in [-0.2, 0) is 14.8 Å². The summed E-state index contributed by atoms with van der Waals surface area (Å²) in [6, 6.07) is 9.08. The minimum atomic E-state index is -3.40. The van der Waals surface area contributed by atoms with Gasteiger partial charge in [0.05, 0.1) is 10.5 Å². The van der Waals surface area contributed by atoms with Crippen molar-refractivity contribution in [3.8, 4) is 0 Å². The lowest BCUT2D eigenvalue weighted by Crippen LogP contribution is -2.66. The number of nitrogens with one attached hydrogen (secondary N) is 1. The molecule has 0 aromatic heterocycles. The van der Waals surface area contributed by atoms with Crippen LogP contribution in [0.3, 0.4) is 0 Å². The fraction of sp³-hybridized carbons (Fsp3) is 0.647.